The third-order valence-corrected chi connectivity index (χ3v) is 8.19. The summed E-state index contributed by atoms with van der Waals surface area (Å²) in [6, 6.07) is 23.0. The Labute approximate surface area is 194 Å². The van der Waals surface area contributed by atoms with Crippen LogP contribution in [0.3, 0.4) is 0 Å². The van der Waals surface area contributed by atoms with Gasteiger partial charge in [-0.15, -0.1) is 0 Å². The van der Waals surface area contributed by atoms with Crippen LogP contribution in [0.2, 0.25) is 5.02 Å². The van der Waals surface area contributed by atoms with Crippen LogP contribution in [0, 0.1) is 24.7 Å². The summed E-state index contributed by atoms with van der Waals surface area (Å²) >= 11 is 6.14. The molecule has 3 aromatic carbocycles. The topological polar surface area (TPSA) is 41.1 Å². The smallest absolute Gasteiger partial charge is 0.255 e. The number of amides is 1. The number of hydrogen-bond donors (Lipinski definition) is 2. The first-order valence-corrected chi connectivity index (χ1v) is 12.0. The van der Waals surface area contributed by atoms with Gasteiger partial charge in [0.15, 0.2) is 0 Å². The molecular formula is C28H27ClN2O. The highest BCUT2D eigenvalue weighted by Crippen LogP contribution is 2.63. The predicted molar refractivity (Wildman–Crippen MR) is 130 cm³/mol. The molecule has 2 aliphatic carbocycles. The summed E-state index contributed by atoms with van der Waals surface area (Å²) in [4.78, 5) is 13.1. The SMILES string of the molecule is Cc1ccc(Cl)cc1NC(=O)c1ccc2c(c1)[C@@H]1[C@H]3CC[C@@H](C3)[C@@H]1[C@H](c1ccccc1)N2. The molecule has 2 saturated carbocycles. The zero-order valence-electron chi connectivity index (χ0n) is 18.1. The average Bonchev–Trinajstić information content (AvgIpc) is 3.44. The van der Waals surface area contributed by atoms with Crippen LogP contribution in [-0.4, -0.2) is 5.91 Å². The lowest BCUT2D eigenvalue weighted by Gasteiger charge is -2.43. The van der Waals surface area contributed by atoms with Crippen LogP contribution in [0.4, 0.5) is 11.4 Å². The van der Waals surface area contributed by atoms with Gasteiger partial charge in [-0.05, 0) is 96.9 Å². The van der Waals surface area contributed by atoms with Crippen molar-refractivity contribution in [2.75, 3.05) is 10.6 Å². The molecule has 0 radical (unpaired) electrons. The Balaban J connectivity index is 1.35. The Morgan fingerprint density at radius 3 is 2.66 bits per heavy atom. The lowest BCUT2D eigenvalue weighted by molar-refractivity contribution is 0.102. The fraction of sp³-hybridized carbons (Fsp3) is 0.321. The fourth-order valence-electron chi connectivity index (χ4n) is 6.54. The van der Waals surface area contributed by atoms with Crippen molar-refractivity contribution in [3.8, 4) is 0 Å². The molecule has 2 fully saturated rings. The molecule has 3 aromatic rings. The largest absolute Gasteiger partial charge is 0.378 e. The van der Waals surface area contributed by atoms with E-state index in [1.807, 2.05) is 31.2 Å². The molecule has 1 aliphatic heterocycles. The van der Waals surface area contributed by atoms with Crippen molar-refractivity contribution < 1.29 is 4.79 Å². The second-order valence-electron chi connectivity index (χ2n) is 9.68. The van der Waals surface area contributed by atoms with Crippen LogP contribution in [0.5, 0.6) is 0 Å². The van der Waals surface area contributed by atoms with Crippen molar-refractivity contribution in [2.24, 2.45) is 17.8 Å². The standard InChI is InChI=1S/C28H27ClN2O/c1-16-7-11-21(29)15-24(16)31-28(32)20-10-12-23-22(14-20)25-18-8-9-19(13-18)26(25)27(30-23)17-5-3-2-4-6-17/h2-7,10-12,14-15,18-19,25-27,30H,8-9,13H2,1H3,(H,31,32)/t18-,19-,25-,26-,27-/m0/s1. The molecule has 32 heavy (non-hydrogen) atoms. The van der Waals surface area contributed by atoms with Gasteiger partial charge in [0.05, 0.1) is 6.04 Å². The number of aryl methyl sites for hydroxylation is 1. The molecule has 0 aromatic heterocycles. The summed E-state index contributed by atoms with van der Waals surface area (Å²) in [6.07, 6.45) is 3.96. The van der Waals surface area contributed by atoms with Crippen molar-refractivity contribution in [3.05, 3.63) is 94.0 Å². The van der Waals surface area contributed by atoms with Crippen LogP contribution >= 0.6 is 11.6 Å². The molecule has 0 saturated heterocycles. The van der Waals surface area contributed by atoms with E-state index in [2.05, 4.69) is 53.1 Å². The van der Waals surface area contributed by atoms with Gasteiger partial charge in [-0.2, -0.15) is 0 Å². The van der Waals surface area contributed by atoms with Gasteiger partial charge < -0.3 is 10.6 Å². The van der Waals surface area contributed by atoms with Gasteiger partial charge in [-0.3, -0.25) is 4.79 Å². The van der Waals surface area contributed by atoms with E-state index >= 15 is 0 Å². The third kappa shape index (κ3) is 3.22. The summed E-state index contributed by atoms with van der Waals surface area (Å²) in [7, 11) is 0. The first-order valence-electron chi connectivity index (χ1n) is 11.6. The van der Waals surface area contributed by atoms with Crippen molar-refractivity contribution in [3.63, 3.8) is 0 Å². The van der Waals surface area contributed by atoms with E-state index in [0.717, 1.165) is 23.1 Å². The van der Waals surface area contributed by atoms with Crippen molar-refractivity contribution in [1.82, 2.24) is 0 Å². The quantitative estimate of drug-likeness (QED) is 0.450. The lowest BCUT2D eigenvalue weighted by atomic mass is 9.68. The molecule has 3 nitrogen and oxygen atoms in total. The van der Waals surface area contributed by atoms with E-state index in [1.165, 1.54) is 36.1 Å². The second kappa shape index (κ2) is 7.67. The Kier molecular flexibility index (Phi) is 4.76. The first-order chi connectivity index (χ1) is 15.6. The number of hydrogen-bond acceptors (Lipinski definition) is 2. The summed E-state index contributed by atoms with van der Waals surface area (Å²) in [6.45, 7) is 1.98. The highest BCUT2D eigenvalue weighted by atomic mass is 35.5. The molecule has 4 heteroatoms. The molecular weight excluding hydrogens is 416 g/mol. The van der Waals surface area contributed by atoms with Crippen LogP contribution in [0.25, 0.3) is 0 Å². The first kappa shape index (κ1) is 19.9. The number of carbonyl (C=O) groups is 1. The Morgan fingerprint density at radius 1 is 1.00 bits per heavy atom. The molecule has 2 N–H and O–H groups in total. The molecule has 3 aliphatic rings. The van der Waals surface area contributed by atoms with Gasteiger partial charge in [0, 0.05) is 22.0 Å². The number of benzene rings is 3. The fourth-order valence-corrected chi connectivity index (χ4v) is 6.71. The van der Waals surface area contributed by atoms with E-state index < -0.39 is 0 Å². The number of rotatable bonds is 3. The Bertz CT molecular complexity index is 1190. The predicted octanol–water partition coefficient (Wildman–Crippen LogP) is 7.20. The number of fused-ring (bicyclic) bond motifs is 7. The maximum atomic E-state index is 13.1. The number of halogens is 1. The summed E-state index contributed by atoms with van der Waals surface area (Å²) in [5.41, 5.74) is 6.36. The van der Waals surface area contributed by atoms with Gasteiger partial charge >= 0.3 is 0 Å². The normalized spacial score (nSPS) is 27.4. The molecule has 1 heterocycles. The Morgan fingerprint density at radius 2 is 1.81 bits per heavy atom. The van der Waals surface area contributed by atoms with Crippen molar-refractivity contribution >= 4 is 28.9 Å². The number of carbonyl (C=O) groups excluding carboxylic acids is 1. The van der Waals surface area contributed by atoms with Gasteiger partial charge in [0.1, 0.15) is 0 Å². The van der Waals surface area contributed by atoms with Crippen molar-refractivity contribution in [1.29, 1.82) is 0 Å². The van der Waals surface area contributed by atoms with Gasteiger partial charge in [0.25, 0.3) is 5.91 Å². The highest BCUT2D eigenvalue weighted by Gasteiger charge is 2.53. The van der Waals surface area contributed by atoms with Gasteiger partial charge in [-0.1, -0.05) is 48.0 Å². The summed E-state index contributed by atoms with van der Waals surface area (Å²) in [5, 5.41) is 7.53. The van der Waals surface area contributed by atoms with E-state index in [0.29, 0.717) is 28.5 Å². The minimum atomic E-state index is -0.0805. The maximum absolute atomic E-state index is 13.1. The average molecular weight is 443 g/mol. The molecule has 162 valence electrons. The molecule has 2 bridgehead atoms. The van der Waals surface area contributed by atoms with Gasteiger partial charge in [0.2, 0.25) is 0 Å². The highest BCUT2D eigenvalue weighted by molar-refractivity contribution is 6.31. The summed E-state index contributed by atoms with van der Waals surface area (Å²) < 4.78 is 0. The minimum absolute atomic E-state index is 0.0805. The van der Waals surface area contributed by atoms with E-state index in [1.54, 1.807) is 0 Å². The third-order valence-electron chi connectivity index (χ3n) is 7.96. The van der Waals surface area contributed by atoms with Crippen molar-refractivity contribution in [2.45, 2.75) is 38.1 Å². The Hall–Kier alpha value is -2.78. The molecule has 5 atom stereocenters. The van der Waals surface area contributed by atoms with E-state index in [4.69, 9.17) is 11.6 Å². The van der Waals surface area contributed by atoms with E-state index in [-0.39, 0.29) is 5.91 Å². The number of nitrogens with one attached hydrogen (secondary N) is 2. The zero-order valence-corrected chi connectivity index (χ0v) is 18.9. The second-order valence-corrected chi connectivity index (χ2v) is 10.1. The summed E-state index contributed by atoms with van der Waals surface area (Å²) in [5.74, 6) is 2.53. The van der Waals surface area contributed by atoms with Crippen LogP contribution in [-0.2, 0) is 0 Å². The minimum Gasteiger partial charge on any atom is -0.378 e. The van der Waals surface area contributed by atoms with Crippen LogP contribution in [0.15, 0.2) is 66.7 Å². The van der Waals surface area contributed by atoms with Gasteiger partial charge in [-0.25, -0.2) is 0 Å². The van der Waals surface area contributed by atoms with Crippen LogP contribution in [0.1, 0.15) is 58.3 Å². The molecule has 0 unspecified atom stereocenters. The van der Waals surface area contributed by atoms with Crippen LogP contribution < -0.4 is 10.6 Å². The monoisotopic (exact) mass is 442 g/mol. The molecule has 6 rings (SSSR count). The maximum Gasteiger partial charge on any atom is 0.255 e. The lowest BCUT2D eigenvalue weighted by Crippen LogP contribution is -2.35. The van der Waals surface area contributed by atoms with E-state index in [9.17, 15) is 4.79 Å². The molecule has 0 spiro atoms. The molecule has 1 amide bonds. The number of anilines is 2. The zero-order chi connectivity index (χ0) is 21.8.